The third-order valence-electron chi connectivity index (χ3n) is 0.422. The molecule has 0 amide bonds. The van der Waals surface area contributed by atoms with Crippen LogP contribution in [0.4, 0.5) is 0 Å². The van der Waals surface area contributed by atoms with Gasteiger partial charge in [-0.15, -0.1) is 0 Å². The zero-order chi connectivity index (χ0) is 14.3. The molecule has 0 aliphatic heterocycles. The molecule has 0 spiro atoms. The summed E-state index contributed by atoms with van der Waals surface area (Å²) in [5.74, 6) is -2.21. The smallest absolute Gasteiger partial charge is 0.303 e. The molecule has 3 heteroatoms. The predicted octanol–water partition coefficient (Wildman–Crippen LogP) is 0.590. The van der Waals surface area contributed by atoms with Crippen LogP contribution >= 0.6 is 0 Å². The second-order valence-electron chi connectivity index (χ2n) is 1.06. The summed E-state index contributed by atoms with van der Waals surface area (Å²) in [5, 5.41) is 8.54. The van der Waals surface area contributed by atoms with Crippen LogP contribution in [0, 0.1) is 0 Å². The van der Waals surface area contributed by atoms with E-state index >= 15 is 0 Å². The summed E-state index contributed by atoms with van der Waals surface area (Å²) in [6.45, 7) is -0.908. The maximum absolute atomic E-state index is 10.6. The summed E-state index contributed by atoms with van der Waals surface area (Å²) in [7, 11) is 0. The lowest BCUT2D eigenvalue weighted by Crippen LogP contribution is -1.99. The molecule has 0 aliphatic rings. The Labute approximate surface area is 66.1 Å². The van der Waals surface area contributed by atoms with Crippen molar-refractivity contribution in [3.05, 3.63) is 0 Å². The molecule has 9 heavy (non-hydrogen) atoms. The number of carbonyl (C=O) groups is 1. The van der Waals surface area contributed by atoms with E-state index in [1.807, 2.05) is 0 Å². The van der Waals surface area contributed by atoms with E-state index in [0.29, 0.717) is 0 Å². The SMILES string of the molecule is [2H]C([2H])(CN)C([2H])([2H])C([2H])([2H])C([2H])([2H])C(=O)O. The minimum Gasteiger partial charge on any atom is -0.481 e. The van der Waals surface area contributed by atoms with Crippen LogP contribution in [-0.2, 0) is 4.79 Å². The maximum Gasteiger partial charge on any atom is 0.303 e. The molecule has 0 fully saturated rings. The molecule has 0 aromatic heterocycles. The van der Waals surface area contributed by atoms with E-state index in [1.165, 1.54) is 0 Å². The van der Waals surface area contributed by atoms with Gasteiger partial charge >= 0.3 is 5.97 Å². The fourth-order valence-corrected chi connectivity index (χ4v) is 0.180. The van der Waals surface area contributed by atoms with Crippen LogP contribution < -0.4 is 5.73 Å². The Kier molecular flexibility index (Phi) is 1.21. The number of hydrogen-bond acceptors (Lipinski definition) is 2. The van der Waals surface area contributed by atoms with Gasteiger partial charge in [-0.3, -0.25) is 4.79 Å². The highest BCUT2D eigenvalue weighted by molar-refractivity contribution is 5.66. The van der Waals surface area contributed by atoms with E-state index < -0.39 is 38.0 Å². The van der Waals surface area contributed by atoms with Gasteiger partial charge in [-0.25, -0.2) is 0 Å². The summed E-state index contributed by atoms with van der Waals surface area (Å²) in [6, 6.07) is 0. The van der Waals surface area contributed by atoms with Gasteiger partial charge in [-0.1, -0.05) is 6.37 Å². The molecule has 0 aromatic rings. The Morgan fingerprint density at radius 1 is 1.56 bits per heavy atom. The van der Waals surface area contributed by atoms with Crippen molar-refractivity contribution < 1.29 is 20.9 Å². The monoisotopic (exact) mass is 139 g/mol. The van der Waals surface area contributed by atoms with Gasteiger partial charge in [0.1, 0.15) is 0 Å². The van der Waals surface area contributed by atoms with Gasteiger partial charge in [0.25, 0.3) is 0 Å². The number of rotatable bonds is 5. The fraction of sp³-hybridized carbons (Fsp3) is 0.833. The van der Waals surface area contributed by atoms with Crippen molar-refractivity contribution in [3.8, 4) is 0 Å². The number of nitrogens with two attached hydrogens (primary N) is 1. The van der Waals surface area contributed by atoms with E-state index in [-0.39, 0.29) is 0 Å². The fourth-order valence-electron chi connectivity index (χ4n) is 0.180. The first-order valence-corrected chi connectivity index (χ1v) is 2.19. The topological polar surface area (TPSA) is 63.3 Å². The van der Waals surface area contributed by atoms with E-state index in [4.69, 9.17) is 21.8 Å². The molecule has 0 rings (SSSR count). The lowest BCUT2D eigenvalue weighted by molar-refractivity contribution is -0.137. The van der Waals surface area contributed by atoms with Crippen molar-refractivity contribution in [3.63, 3.8) is 0 Å². The van der Waals surface area contributed by atoms with Crippen molar-refractivity contribution in [2.75, 3.05) is 6.54 Å². The Balaban J connectivity index is 5.69. The Morgan fingerprint density at radius 3 is 2.67 bits per heavy atom. The summed E-state index contributed by atoms with van der Waals surface area (Å²) >= 11 is 0. The molecule has 3 nitrogen and oxygen atoms in total. The largest absolute Gasteiger partial charge is 0.481 e. The lowest BCUT2D eigenvalue weighted by atomic mass is 10.2. The summed E-state index contributed by atoms with van der Waals surface area (Å²) in [6.07, 6.45) is -13.5. The summed E-state index contributed by atoms with van der Waals surface area (Å²) < 4.78 is 57.7. The van der Waals surface area contributed by atoms with Gasteiger partial charge in [0.05, 0.1) is 0 Å². The van der Waals surface area contributed by atoms with Crippen molar-refractivity contribution in [2.45, 2.75) is 25.5 Å². The average molecular weight is 139 g/mol. The van der Waals surface area contributed by atoms with Gasteiger partial charge in [0.2, 0.25) is 0 Å². The molecule has 0 unspecified atom stereocenters. The summed E-state index contributed by atoms with van der Waals surface area (Å²) in [4.78, 5) is 10.6. The molecule has 3 N–H and O–H groups in total. The van der Waals surface area contributed by atoms with Crippen LogP contribution in [0.1, 0.15) is 36.5 Å². The Hall–Kier alpha value is -0.570. The van der Waals surface area contributed by atoms with E-state index in [2.05, 4.69) is 0 Å². The normalized spacial score (nSPS) is 29.0. The third-order valence-corrected chi connectivity index (χ3v) is 0.422. The molecular formula is C6H13NO2. The van der Waals surface area contributed by atoms with Crippen LogP contribution in [0.25, 0.3) is 0 Å². The number of aliphatic carboxylic acids is 1. The van der Waals surface area contributed by atoms with Crippen molar-refractivity contribution >= 4 is 5.97 Å². The minimum absolute atomic E-state index is 0.908. The predicted molar refractivity (Wildman–Crippen MR) is 35.2 cm³/mol. The van der Waals surface area contributed by atoms with Gasteiger partial charge < -0.3 is 10.8 Å². The highest BCUT2D eigenvalue weighted by atomic mass is 16.4. The lowest BCUT2D eigenvalue weighted by Gasteiger charge is -1.93. The molecule has 0 bridgehead atoms. The van der Waals surface area contributed by atoms with Crippen LogP contribution in [0.15, 0.2) is 0 Å². The second-order valence-corrected chi connectivity index (χ2v) is 1.06. The first-order chi connectivity index (χ1) is 7.25. The van der Waals surface area contributed by atoms with Crippen LogP contribution in [0.5, 0.6) is 0 Å². The first-order valence-electron chi connectivity index (χ1n) is 6.19. The molecule has 54 valence electrons. The Morgan fingerprint density at radius 2 is 2.22 bits per heavy atom. The maximum atomic E-state index is 10.6. The highest BCUT2D eigenvalue weighted by Gasteiger charge is 1.94. The quantitative estimate of drug-likeness (QED) is 0.586. The van der Waals surface area contributed by atoms with E-state index in [0.717, 1.165) is 0 Å². The molecule has 0 aromatic carbocycles. The van der Waals surface area contributed by atoms with Crippen LogP contribution in [0.3, 0.4) is 0 Å². The number of carboxylic acids is 1. The third kappa shape index (κ3) is 7.43. The second kappa shape index (κ2) is 5.56. The standard InChI is InChI=1S/C6H13NO2/c7-5-3-1-2-4-6(8)9/h1-5,7H2,(H,8,9)/i1D2,2D2,3D2,4D2. The van der Waals surface area contributed by atoms with Crippen molar-refractivity contribution in [1.29, 1.82) is 0 Å². The molecule has 0 saturated heterocycles. The average Bonchev–Trinajstić information content (AvgIpc) is 2.16. The van der Waals surface area contributed by atoms with Gasteiger partial charge in [0.15, 0.2) is 0 Å². The van der Waals surface area contributed by atoms with Gasteiger partial charge in [-0.2, -0.15) is 0 Å². The van der Waals surface area contributed by atoms with Crippen molar-refractivity contribution in [1.82, 2.24) is 0 Å². The van der Waals surface area contributed by atoms with E-state index in [9.17, 15) is 4.79 Å². The molecular weight excluding hydrogens is 118 g/mol. The summed E-state index contributed by atoms with van der Waals surface area (Å²) in [5.41, 5.74) is 4.96. The number of carboxylic acid groups (broad SMARTS) is 1. The molecule has 0 atom stereocenters. The van der Waals surface area contributed by atoms with Gasteiger partial charge in [-0.05, 0) is 19.3 Å². The minimum atomic E-state index is -3.59. The van der Waals surface area contributed by atoms with Crippen molar-refractivity contribution in [2.24, 2.45) is 5.73 Å². The van der Waals surface area contributed by atoms with Crippen LogP contribution in [-0.4, -0.2) is 17.6 Å². The highest BCUT2D eigenvalue weighted by Crippen LogP contribution is 1.97. The number of hydrogen-bond donors (Lipinski definition) is 2. The first kappa shape index (κ1) is 1.95. The molecule has 0 heterocycles. The zero-order valence-corrected chi connectivity index (χ0v) is 4.64. The zero-order valence-electron chi connectivity index (χ0n) is 12.6. The van der Waals surface area contributed by atoms with Crippen LogP contribution in [0.2, 0.25) is 0 Å². The molecule has 0 aliphatic carbocycles. The van der Waals surface area contributed by atoms with Gasteiger partial charge in [0, 0.05) is 17.3 Å². The molecule has 0 radical (unpaired) electrons. The molecule has 0 saturated carbocycles. The van der Waals surface area contributed by atoms with E-state index in [1.54, 1.807) is 0 Å². The Bertz CT molecular complexity index is 315.